The molecule has 0 bridgehead atoms. The van der Waals surface area contributed by atoms with Crippen LogP contribution in [-0.2, 0) is 0 Å². The van der Waals surface area contributed by atoms with Crippen molar-refractivity contribution >= 4 is 11.4 Å². The molecule has 0 aliphatic rings. The molecule has 3 rings (SSSR count). The average Bonchev–Trinajstić information content (AvgIpc) is 2.69. The number of aromatic hydroxyl groups is 1. The van der Waals surface area contributed by atoms with Gasteiger partial charge < -0.3 is 14.6 Å². The molecular formula is C21H21N3O5. The number of aryl methyl sites for hydroxylation is 1. The van der Waals surface area contributed by atoms with Gasteiger partial charge in [0.25, 0.3) is 5.56 Å². The highest BCUT2D eigenvalue weighted by atomic mass is 16.5. The third kappa shape index (κ3) is 3.91. The molecule has 150 valence electrons. The maximum Gasteiger partial charge on any atom is 0.335 e. The topological polar surface area (TPSA) is 106 Å². The number of nitrogens with one attached hydrogen (secondary N) is 1. The van der Waals surface area contributed by atoms with E-state index < -0.39 is 17.1 Å². The Morgan fingerprint density at radius 2 is 1.76 bits per heavy atom. The van der Waals surface area contributed by atoms with Gasteiger partial charge in [0.2, 0.25) is 5.88 Å². The maximum absolute atomic E-state index is 12.4. The number of aliphatic imine (C=N–C) groups is 1. The van der Waals surface area contributed by atoms with Crippen LogP contribution in [0, 0.1) is 6.92 Å². The van der Waals surface area contributed by atoms with Gasteiger partial charge in [0.05, 0.1) is 25.6 Å². The van der Waals surface area contributed by atoms with Gasteiger partial charge in [-0.25, -0.2) is 14.4 Å². The Morgan fingerprint density at radius 1 is 1.07 bits per heavy atom. The first kappa shape index (κ1) is 19.9. The molecule has 0 aliphatic heterocycles. The number of H-pyrrole nitrogens is 1. The van der Waals surface area contributed by atoms with E-state index >= 15 is 0 Å². The molecule has 8 heteroatoms. The summed E-state index contributed by atoms with van der Waals surface area (Å²) in [6, 6.07) is 12.0. The van der Waals surface area contributed by atoms with Crippen LogP contribution in [0.3, 0.4) is 0 Å². The van der Waals surface area contributed by atoms with Gasteiger partial charge in [-0.2, -0.15) is 0 Å². The van der Waals surface area contributed by atoms with Gasteiger partial charge in [-0.3, -0.25) is 9.78 Å². The van der Waals surface area contributed by atoms with E-state index in [0.717, 1.165) is 10.1 Å². The summed E-state index contributed by atoms with van der Waals surface area (Å²) < 4.78 is 11.5. The van der Waals surface area contributed by atoms with Crippen LogP contribution >= 0.6 is 0 Å². The molecule has 0 amide bonds. The minimum atomic E-state index is -0.741. The number of hydrogen-bond acceptors (Lipinski definition) is 6. The number of aromatic nitrogens is 2. The van der Waals surface area contributed by atoms with Crippen LogP contribution in [0.15, 0.2) is 57.0 Å². The minimum absolute atomic E-state index is 0.108. The van der Waals surface area contributed by atoms with Crippen LogP contribution < -0.4 is 20.7 Å². The molecule has 2 aromatic carbocycles. The predicted molar refractivity (Wildman–Crippen MR) is 110 cm³/mol. The monoisotopic (exact) mass is 395 g/mol. The first-order valence-corrected chi connectivity index (χ1v) is 8.78. The van der Waals surface area contributed by atoms with Gasteiger partial charge >= 0.3 is 5.69 Å². The zero-order chi connectivity index (χ0) is 21.1. The lowest BCUT2D eigenvalue weighted by Gasteiger charge is -2.12. The summed E-state index contributed by atoms with van der Waals surface area (Å²) in [4.78, 5) is 31.4. The molecule has 0 aliphatic carbocycles. The molecule has 1 heterocycles. The molecule has 3 aromatic rings. The number of rotatable bonds is 5. The summed E-state index contributed by atoms with van der Waals surface area (Å²) >= 11 is 0. The highest BCUT2D eigenvalue weighted by Crippen LogP contribution is 2.32. The van der Waals surface area contributed by atoms with Crippen molar-refractivity contribution in [3.63, 3.8) is 0 Å². The van der Waals surface area contributed by atoms with E-state index in [0.29, 0.717) is 22.9 Å². The number of hydrogen-bond donors (Lipinski definition) is 2. The smallest absolute Gasteiger partial charge is 0.335 e. The fraction of sp³-hybridized carbons (Fsp3) is 0.190. The lowest BCUT2D eigenvalue weighted by atomic mass is 10.2. The molecule has 0 unspecified atom stereocenters. The highest BCUT2D eigenvalue weighted by molar-refractivity contribution is 6.02. The van der Waals surface area contributed by atoms with Crippen LogP contribution in [0.5, 0.6) is 17.4 Å². The SMILES string of the molecule is COc1ccc(N=C(C)c2c(O)n(-c3ccc(C)cc3)c(=O)[nH]c2=O)c(OC)c1. The number of benzene rings is 2. The van der Waals surface area contributed by atoms with Gasteiger partial charge in [-0.05, 0) is 38.1 Å². The van der Waals surface area contributed by atoms with Crippen LogP contribution in [0.1, 0.15) is 18.1 Å². The summed E-state index contributed by atoms with van der Waals surface area (Å²) in [5.74, 6) is 0.537. The van der Waals surface area contributed by atoms with Crippen LogP contribution in [0.2, 0.25) is 0 Å². The van der Waals surface area contributed by atoms with E-state index in [1.807, 2.05) is 6.92 Å². The van der Waals surface area contributed by atoms with E-state index in [1.165, 1.54) is 14.2 Å². The van der Waals surface area contributed by atoms with Crippen LogP contribution in [-0.4, -0.2) is 34.6 Å². The molecule has 0 radical (unpaired) electrons. The number of nitrogens with zero attached hydrogens (tertiary/aromatic N) is 2. The quantitative estimate of drug-likeness (QED) is 0.646. The second-order valence-corrected chi connectivity index (χ2v) is 6.36. The Hall–Kier alpha value is -3.81. The lowest BCUT2D eigenvalue weighted by molar-refractivity contribution is 0.395. The first-order chi connectivity index (χ1) is 13.8. The molecule has 1 aromatic heterocycles. The number of aromatic amines is 1. The van der Waals surface area contributed by atoms with Crippen molar-refractivity contribution in [3.8, 4) is 23.1 Å². The van der Waals surface area contributed by atoms with Crippen molar-refractivity contribution < 1.29 is 14.6 Å². The molecule has 0 fully saturated rings. The fourth-order valence-corrected chi connectivity index (χ4v) is 2.90. The van der Waals surface area contributed by atoms with Crippen molar-refractivity contribution in [1.29, 1.82) is 0 Å². The second kappa shape index (κ2) is 8.05. The summed E-state index contributed by atoms with van der Waals surface area (Å²) in [7, 11) is 3.03. The molecule has 8 nitrogen and oxygen atoms in total. The largest absolute Gasteiger partial charge is 0.497 e. The second-order valence-electron chi connectivity index (χ2n) is 6.36. The van der Waals surface area contributed by atoms with Gasteiger partial charge in [-0.15, -0.1) is 0 Å². The molecule has 2 N–H and O–H groups in total. The van der Waals surface area contributed by atoms with Crippen molar-refractivity contribution in [2.75, 3.05) is 14.2 Å². The first-order valence-electron chi connectivity index (χ1n) is 8.78. The molecule has 0 atom stereocenters. The Labute approximate surface area is 166 Å². The third-order valence-corrected chi connectivity index (χ3v) is 4.42. The van der Waals surface area contributed by atoms with E-state index in [4.69, 9.17) is 9.47 Å². The molecular weight excluding hydrogens is 374 g/mol. The van der Waals surface area contributed by atoms with E-state index in [1.54, 1.807) is 49.4 Å². The molecule has 29 heavy (non-hydrogen) atoms. The van der Waals surface area contributed by atoms with Crippen LogP contribution in [0.4, 0.5) is 5.69 Å². The zero-order valence-corrected chi connectivity index (χ0v) is 16.5. The van der Waals surface area contributed by atoms with Crippen molar-refractivity contribution in [1.82, 2.24) is 9.55 Å². The number of ether oxygens (including phenoxy) is 2. The Morgan fingerprint density at radius 3 is 2.38 bits per heavy atom. The standard InChI is InChI=1S/C21H21N3O5/c1-12-5-7-14(8-6-12)24-20(26)18(19(25)23-21(24)27)13(2)22-16-10-9-15(28-3)11-17(16)29-4/h5-11,26H,1-4H3,(H,23,25,27). The van der Waals surface area contributed by atoms with Crippen LogP contribution in [0.25, 0.3) is 5.69 Å². The van der Waals surface area contributed by atoms with Crippen molar-refractivity contribution in [2.45, 2.75) is 13.8 Å². The Balaban J connectivity index is 2.17. The third-order valence-electron chi connectivity index (χ3n) is 4.42. The normalized spacial score (nSPS) is 11.4. The van der Waals surface area contributed by atoms with Gasteiger partial charge in [-0.1, -0.05) is 17.7 Å². The summed E-state index contributed by atoms with van der Waals surface area (Å²) in [6.45, 7) is 3.47. The van der Waals surface area contributed by atoms with E-state index in [2.05, 4.69) is 9.98 Å². The number of methoxy groups -OCH3 is 2. The molecule has 0 saturated heterocycles. The van der Waals surface area contributed by atoms with Gasteiger partial charge in [0.1, 0.15) is 22.7 Å². The average molecular weight is 395 g/mol. The van der Waals surface area contributed by atoms with E-state index in [-0.39, 0.29) is 11.3 Å². The summed E-state index contributed by atoms with van der Waals surface area (Å²) in [6.07, 6.45) is 0. The summed E-state index contributed by atoms with van der Waals surface area (Å²) in [5.41, 5.74) is 0.494. The lowest BCUT2D eigenvalue weighted by Crippen LogP contribution is -2.32. The molecule has 0 saturated carbocycles. The fourth-order valence-electron chi connectivity index (χ4n) is 2.90. The van der Waals surface area contributed by atoms with Gasteiger partial charge in [0, 0.05) is 6.07 Å². The minimum Gasteiger partial charge on any atom is -0.497 e. The highest BCUT2D eigenvalue weighted by Gasteiger charge is 2.18. The van der Waals surface area contributed by atoms with Crippen molar-refractivity contribution in [2.24, 2.45) is 4.99 Å². The Kier molecular flexibility index (Phi) is 5.54. The summed E-state index contributed by atoms with van der Waals surface area (Å²) in [5, 5.41) is 10.7. The van der Waals surface area contributed by atoms with E-state index in [9.17, 15) is 14.7 Å². The maximum atomic E-state index is 12.4. The van der Waals surface area contributed by atoms with Gasteiger partial charge in [0.15, 0.2) is 0 Å². The zero-order valence-electron chi connectivity index (χ0n) is 16.5. The molecule has 0 spiro atoms. The predicted octanol–water partition coefficient (Wildman–Crippen LogP) is 2.70. The van der Waals surface area contributed by atoms with Crippen molar-refractivity contribution in [3.05, 3.63) is 74.4 Å². The Bertz CT molecular complexity index is 1190.